The first-order valence-corrected chi connectivity index (χ1v) is 6.26. The summed E-state index contributed by atoms with van der Waals surface area (Å²) in [6.45, 7) is 1.76. The summed E-state index contributed by atoms with van der Waals surface area (Å²) in [5, 5.41) is 0. The topological polar surface area (TPSA) is 65.5 Å². The summed E-state index contributed by atoms with van der Waals surface area (Å²) in [5.41, 5.74) is 1.29. The van der Waals surface area contributed by atoms with Crippen LogP contribution in [0.3, 0.4) is 0 Å². The number of carbonyl (C=O) groups excluding carboxylic acids is 1. The van der Waals surface area contributed by atoms with Gasteiger partial charge in [0.25, 0.3) is 0 Å². The summed E-state index contributed by atoms with van der Waals surface area (Å²) < 4.78 is 16.1. The van der Waals surface area contributed by atoms with Crippen molar-refractivity contribution in [1.29, 1.82) is 0 Å². The number of esters is 1. The summed E-state index contributed by atoms with van der Waals surface area (Å²) in [4.78, 5) is 16.0. The van der Waals surface area contributed by atoms with Crippen molar-refractivity contribution in [1.82, 2.24) is 4.98 Å². The maximum Gasteiger partial charge on any atom is 0.379 e. The molecule has 0 aliphatic carbocycles. The quantitative estimate of drug-likeness (QED) is 0.531. The number of hydrogen-bond acceptors (Lipinski definition) is 5. The number of halogens is 1. The highest BCUT2D eigenvalue weighted by molar-refractivity contribution is 9.10. The van der Waals surface area contributed by atoms with Crippen molar-refractivity contribution in [3.8, 4) is 5.75 Å². The molecule has 0 radical (unpaired) electrons. The minimum atomic E-state index is -0.565. The monoisotopic (exact) mass is 321 g/mol. The number of rotatable bonds is 2. The Morgan fingerprint density at radius 1 is 1.26 bits per heavy atom. The van der Waals surface area contributed by atoms with Crippen molar-refractivity contribution in [2.24, 2.45) is 0 Å². The van der Waals surface area contributed by atoms with Gasteiger partial charge in [-0.15, -0.1) is 0 Å². The molecule has 2 aromatic heterocycles. The maximum atomic E-state index is 11.8. The van der Waals surface area contributed by atoms with Crippen LogP contribution in [0.4, 0.5) is 0 Å². The Morgan fingerprint density at radius 2 is 2.11 bits per heavy atom. The number of carbonyl (C=O) groups is 1. The van der Waals surface area contributed by atoms with E-state index in [2.05, 4.69) is 20.9 Å². The van der Waals surface area contributed by atoms with Crippen molar-refractivity contribution in [2.75, 3.05) is 0 Å². The SMILES string of the molecule is Cc1nc2cc(OC(=O)c3ccc(Br)o3)ccc2o1. The number of aryl methyl sites for hydroxylation is 1. The number of hydrogen-bond donors (Lipinski definition) is 0. The van der Waals surface area contributed by atoms with Crippen LogP contribution in [0.5, 0.6) is 5.75 Å². The number of furan rings is 1. The number of ether oxygens (including phenoxy) is 1. The molecule has 0 saturated carbocycles. The van der Waals surface area contributed by atoms with Crippen LogP contribution in [0.15, 0.2) is 43.8 Å². The molecule has 96 valence electrons. The largest absolute Gasteiger partial charge is 0.442 e. The van der Waals surface area contributed by atoms with Crippen molar-refractivity contribution in [3.05, 3.63) is 46.7 Å². The summed E-state index contributed by atoms with van der Waals surface area (Å²) in [5.74, 6) is 0.514. The zero-order valence-electron chi connectivity index (χ0n) is 9.84. The van der Waals surface area contributed by atoms with E-state index >= 15 is 0 Å². The third kappa shape index (κ3) is 2.39. The first kappa shape index (κ1) is 12.0. The highest BCUT2D eigenvalue weighted by atomic mass is 79.9. The fourth-order valence-corrected chi connectivity index (χ4v) is 1.97. The van der Waals surface area contributed by atoms with Crippen LogP contribution in [-0.4, -0.2) is 11.0 Å². The normalized spacial score (nSPS) is 10.8. The van der Waals surface area contributed by atoms with Gasteiger partial charge in [0.2, 0.25) is 5.76 Å². The lowest BCUT2D eigenvalue weighted by molar-refractivity contribution is 0.0700. The second-order valence-corrected chi connectivity index (χ2v) is 4.64. The first-order valence-electron chi connectivity index (χ1n) is 5.46. The Morgan fingerprint density at radius 3 is 2.84 bits per heavy atom. The molecule has 6 heteroatoms. The fourth-order valence-electron chi connectivity index (χ4n) is 1.67. The summed E-state index contributed by atoms with van der Waals surface area (Å²) in [6.07, 6.45) is 0. The van der Waals surface area contributed by atoms with Gasteiger partial charge < -0.3 is 13.6 Å². The molecular weight excluding hydrogens is 314 g/mol. The van der Waals surface area contributed by atoms with Crippen molar-refractivity contribution in [2.45, 2.75) is 6.92 Å². The number of fused-ring (bicyclic) bond motifs is 1. The van der Waals surface area contributed by atoms with Gasteiger partial charge in [-0.3, -0.25) is 0 Å². The van der Waals surface area contributed by atoms with Gasteiger partial charge in [0, 0.05) is 13.0 Å². The van der Waals surface area contributed by atoms with Crippen molar-refractivity contribution < 1.29 is 18.4 Å². The first-order chi connectivity index (χ1) is 9.11. The van der Waals surface area contributed by atoms with E-state index in [4.69, 9.17) is 13.6 Å². The number of benzene rings is 1. The molecule has 0 fully saturated rings. The number of oxazole rings is 1. The van der Waals surface area contributed by atoms with E-state index in [1.165, 1.54) is 6.07 Å². The predicted octanol–water partition coefficient (Wildman–Crippen LogP) is 3.71. The summed E-state index contributed by atoms with van der Waals surface area (Å²) >= 11 is 3.12. The molecule has 0 aliphatic rings. The second-order valence-electron chi connectivity index (χ2n) is 3.86. The van der Waals surface area contributed by atoms with Crippen LogP contribution < -0.4 is 4.74 Å². The average Bonchev–Trinajstić information content (AvgIpc) is 2.93. The highest BCUT2D eigenvalue weighted by Crippen LogP contribution is 2.22. The molecule has 0 atom stereocenters. The molecule has 1 aromatic carbocycles. The molecule has 3 rings (SSSR count). The van der Waals surface area contributed by atoms with Crippen LogP contribution in [0.2, 0.25) is 0 Å². The highest BCUT2D eigenvalue weighted by Gasteiger charge is 2.14. The van der Waals surface area contributed by atoms with E-state index < -0.39 is 5.97 Å². The molecule has 0 saturated heterocycles. The molecule has 5 nitrogen and oxygen atoms in total. The Kier molecular flexibility index (Phi) is 2.87. The van der Waals surface area contributed by atoms with Gasteiger partial charge in [-0.25, -0.2) is 9.78 Å². The molecule has 0 N–H and O–H groups in total. The third-order valence-electron chi connectivity index (χ3n) is 2.45. The van der Waals surface area contributed by atoms with Crippen LogP contribution in [0.25, 0.3) is 11.1 Å². The fraction of sp³-hybridized carbons (Fsp3) is 0.0769. The molecule has 0 bridgehead atoms. The van der Waals surface area contributed by atoms with Gasteiger partial charge in [-0.05, 0) is 40.2 Å². The van der Waals surface area contributed by atoms with Gasteiger partial charge in [-0.2, -0.15) is 0 Å². The minimum absolute atomic E-state index is 0.128. The van der Waals surface area contributed by atoms with Gasteiger partial charge in [0.1, 0.15) is 11.3 Å². The molecule has 2 heterocycles. The van der Waals surface area contributed by atoms with E-state index in [0.29, 0.717) is 27.4 Å². The van der Waals surface area contributed by atoms with Crippen LogP contribution >= 0.6 is 15.9 Å². The van der Waals surface area contributed by atoms with Gasteiger partial charge in [0.05, 0.1) is 0 Å². The van der Waals surface area contributed by atoms with Gasteiger partial charge >= 0.3 is 5.97 Å². The molecular formula is C13H8BrNO4. The molecule has 19 heavy (non-hydrogen) atoms. The zero-order valence-corrected chi connectivity index (χ0v) is 11.4. The molecule has 3 aromatic rings. The van der Waals surface area contributed by atoms with E-state index in [0.717, 1.165) is 0 Å². The lowest BCUT2D eigenvalue weighted by atomic mass is 10.3. The third-order valence-corrected chi connectivity index (χ3v) is 2.88. The molecule has 0 aliphatic heterocycles. The van der Waals surface area contributed by atoms with Crippen molar-refractivity contribution in [3.63, 3.8) is 0 Å². The zero-order chi connectivity index (χ0) is 13.4. The standard InChI is InChI=1S/C13H8BrNO4/c1-7-15-9-6-8(2-3-10(9)17-7)18-13(16)11-4-5-12(14)19-11/h2-6H,1H3. The Hall–Kier alpha value is -2.08. The Labute approximate surface area is 116 Å². The maximum absolute atomic E-state index is 11.8. The van der Waals surface area contributed by atoms with E-state index in [1.807, 2.05) is 0 Å². The predicted molar refractivity (Wildman–Crippen MR) is 70.1 cm³/mol. The van der Waals surface area contributed by atoms with Crippen LogP contribution in [0.1, 0.15) is 16.4 Å². The average molecular weight is 322 g/mol. The van der Waals surface area contributed by atoms with E-state index in [1.54, 1.807) is 31.2 Å². The van der Waals surface area contributed by atoms with Crippen molar-refractivity contribution >= 4 is 33.0 Å². The number of aromatic nitrogens is 1. The Bertz CT molecular complexity index is 759. The smallest absolute Gasteiger partial charge is 0.379 e. The van der Waals surface area contributed by atoms with Gasteiger partial charge in [0.15, 0.2) is 16.1 Å². The molecule has 0 amide bonds. The molecule has 0 unspecified atom stereocenters. The summed E-state index contributed by atoms with van der Waals surface area (Å²) in [7, 11) is 0. The van der Waals surface area contributed by atoms with Crippen LogP contribution in [-0.2, 0) is 0 Å². The van der Waals surface area contributed by atoms with E-state index in [9.17, 15) is 4.79 Å². The van der Waals surface area contributed by atoms with E-state index in [-0.39, 0.29) is 5.76 Å². The molecule has 0 spiro atoms. The lowest BCUT2D eigenvalue weighted by Gasteiger charge is -2.01. The lowest BCUT2D eigenvalue weighted by Crippen LogP contribution is -2.06. The minimum Gasteiger partial charge on any atom is -0.442 e. The number of nitrogens with zero attached hydrogens (tertiary/aromatic N) is 1. The summed E-state index contributed by atoms with van der Waals surface area (Å²) in [6, 6.07) is 8.15. The Balaban J connectivity index is 1.86. The van der Waals surface area contributed by atoms with Crippen LogP contribution in [0, 0.1) is 6.92 Å². The van der Waals surface area contributed by atoms with Gasteiger partial charge in [-0.1, -0.05) is 0 Å². The second kappa shape index (κ2) is 4.55.